The number of halogens is 1. The number of nitrogen functional groups attached to an aromatic ring is 1. The van der Waals surface area contributed by atoms with Crippen molar-refractivity contribution >= 4 is 18.5 Å². The van der Waals surface area contributed by atoms with Crippen LogP contribution in [0.25, 0.3) is 0 Å². The number of nitrogens with two attached hydrogens (primary N) is 1. The zero-order valence-corrected chi connectivity index (χ0v) is 11.5. The van der Waals surface area contributed by atoms with E-state index in [2.05, 4.69) is 4.98 Å². The van der Waals surface area contributed by atoms with Crippen molar-refractivity contribution in [1.29, 1.82) is 5.41 Å². The molecular weight excluding hydrogens is 248 g/mol. The molecule has 102 valence electrons. The van der Waals surface area contributed by atoms with Gasteiger partial charge in [0.15, 0.2) is 0 Å². The molecule has 1 aromatic rings. The van der Waals surface area contributed by atoms with E-state index in [1.54, 1.807) is 0 Å². The maximum absolute atomic E-state index is 13.2. The van der Waals surface area contributed by atoms with Crippen molar-refractivity contribution in [2.24, 2.45) is 0 Å². The lowest BCUT2D eigenvalue weighted by molar-refractivity contribution is 0.00578. The van der Waals surface area contributed by atoms with Gasteiger partial charge in [-0.05, 0) is 33.8 Å². The Morgan fingerprint density at radius 3 is 2.37 bits per heavy atom. The molecule has 1 aliphatic rings. The van der Waals surface area contributed by atoms with Crippen LogP contribution >= 0.6 is 0 Å². The number of nitrogens with one attached hydrogen (secondary N) is 1. The summed E-state index contributed by atoms with van der Waals surface area (Å²) < 4.78 is 24.6. The van der Waals surface area contributed by atoms with E-state index in [1.807, 2.05) is 27.7 Å². The van der Waals surface area contributed by atoms with E-state index in [4.69, 9.17) is 20.5 Å². The van der Waals surface area contributed by atoms with Gasteiger partial charge in [0.25, 0.3) is 0 Å². The van der Waals surface area contributed by atoms with Crippen LogP contribution in [0.4, 0.5) is 10.2 Å². The van der Waals surface area contributed by atoms with Crippen molar-refractivity contribution in [3.8, 4) is 0 Å². The van der Waals surface area contributed by atoms with Crippen LogP contribution in [0, 0.1) is 11.2 Å². The monoisotopic (exact) mass is 265 g/mol. The van der Waals surface area contributed by atoms with Gasteiger partial charge in [-0.15, -0.1) is 0 Å². The molecule has 0 aromatic carbocycles. The SMILES string of the molecule is CC1(C)OB(C(=N)c2cc(F)cnc2N)OC1(C)C. The molecule has 3 N–H and O–H groups in total. The fraction of sp³-hybridized carbons (Fsp3) is 0.500. The van der Waals surface area contributed by atoms with E-state index in [9.17, 15) is 4.39 Å². The van der Waals surface area contributed by atoms with Crippen LogP contribution in [0.3, 0.4) is 0 Å². The van der Waals surface area contributed by atoms with Gasteiger partial charge < -0.3 is 20.5 Å². The summed E-state index contributed by atoms with van der Waals surface area (Å²) in [7, 11) is -0.879. The van der Waals surface area contributed by atoms with Gasteiger partial charge in [-0.3, -0.25) is 0 Å². The molecule has 7 heteroatoms. The highest BCUT2D eigenvalue weighted by Crippen LogP contribution is 2.37. The summed E-state index contributed by atoms with van der Waals surface area (Å²) in [4.78, 5) is 3.69. The van der Waals surface area contributed by atoms with Gasteiger partial charge in [-0.25, -0.2) is 9.37 Å². The molecule has 0 radical (unpaired) electrons. The van der Waals surface area contributed by atoms with Crippen LogP contribution in [-0.4, -0.2) is 28.9 Å². The van der Waals surface area contributed by atoms with E-state index < -0.39 is 24.1 Å². The van der Waals surface area contributed by atoms with Crippen LogP contribution < -0.4 is 5.73 Å². The fourth-order valence-corrected chi connectivity index (χ4v) is 1.75. The molecule has 0 amide bonds. The summed E-state index contributed by atoms with van der Waals surface area (Å²) in [5.41, 5.74) is 4.72. The number of anilines is 1. The maximum Gasteiger partial charge on any atom is 0.514 e. The molecule has 1 aliphatic heterocycles. The van der Waals surface area contributed by atoms with E-state index >= 15 is 0 Å². The third-order valence-electron chi connectivity index (χ3n) is 3.66. The van der Waals surface area contributed by atoms with Gasteiger partial charge in [0, 0.05) is 5.56 Å². The third kappa shape index (κ3) is 2.35. The highest BCUT2D eigenvalue weighted by molar-refractivity contribution is 6.85. The molecule has 19 heavy (non-hydrogen) atoms. The Labute approximate surface area is 112 Å². The normalized spacial score (nSPS) is 20.6. The number of hydrogen-bond acceptors (Lipinski definition) is 5. The van der Waals surface area contributed by atoms with Crippen LogP contribution in [0.2, 0.25) is 0 Å². The average Bonchev–Trinajstić information content (AvgIpc) is 2.51. The van der Waals surface area contributed by atoms with E-state index in [0.717, 1.165) is 12.3 Å². The topological polar surface area (TPSA) is 81.2 Å². The summed E-state index contributed by atoms with van der Waals surface area (Å²) in [5.74, 6) is -0.466. The first-order valence-electron chi connectivity index (χ1n) is 5.99. The Balaban J connectivity index is 2.30. The van der Waals surface area contributed by atoms with Gasteiger partial charge in [-0.1, -0.05) is 0 Å². The highest BCUT2D eigenvalue weighted by atomic mass is 19.1. The Kier molecular flexibility index (Phi) is 3.14. The third-order valence-corrected chi connectivity index (χ3v) is 3.66. The number of nitrogens with zero attached hydrogens (tertiary/aromatic N) is 1. The predicted octanol–water partition coefficient (Wildman–Crippen LogP) is 1.80. The van der Waals surface area contributed by atoms with Crippen molar-refractivity contribution in [2.75, 3.05) is 5.73 Å². The van der Waals surface area contributed by atoms with Crippen molar-refractivity contribution in [1.82, 2.24) is 4.98 Å². The first kappa shape index (κ1) is 14.0. The molecule has 1 aromatic heterocycles. The molecule has 0 aliphatic carbocycles. The Morgan fingerprint density at radius 2 is 1.84 bits per heavy atom. The van der Waals surface area contributed by atoms with Gasteiger partial charge in [0.1, 0.15) is 11.6 Å². The van der Waals surface area contributed by atoms with E-state index in [-0.39, 0.29) is 17.0 Å². The maximum atomic E-state index is 13.2. The highest BCUT2D eigenvalue weighted by Gasteiger charge is 2.53. The first-order chi connectivity index (χ1) is 8.64. The van der Waals surface area contributed by atoms with Crippen molar-refractivity contribution in [2.45, 2.75) is 38.9 Å². The predicted molar refractivity (Wildman–Crippen MR) is 71.5 cm³/mol. The van der Waals surface area contributed by atoms with E-state index in [0.29, 0.717) is 0 Å². The molecule has 0 spiro atoms. The van der Waals surface area contributed by atoms with Crippen LogP contribution in [0.5, 0.6) is 0 Å². The zero-order valence-electron chi connectivity index (χ0n) is 11.5. The average molecular weight is 265 g/mol. The molecule has 0 unspecified atom stereocenters. The van der Waals surface area contributed by atoms with Gasteiger partial charge in [-0.2, -0.15) is 0 Å². The van der Waals surface area contributed by atoms with Gasteiger partial charge >= 0.3 is 7.12 Å². The van der Waals surface area contributed by atoms with Gasteiger partial charge in [0.2, 0.25) is 0 Å². The lowest BCUT2D eigenvalue weighted by Crippen LogP contribution is -2.41. The second kappa shape index (κ2) is 4.28. The van der Waals surface area contributed by atoms with Crippen molar-refractivity contribution < 1.29 is 13.7 Å². The largest absolute Gasteiger partial charge is 0.514 e. The first-order valence-corrected chi connectivity index (χ1v) is 5.99. The minimum atomic E-state index is -0.879. The Hall–Kier alpha value is -1.47. The molecule has 5 nitrogen and oxygen atoms in total. The summed E-state index contributed by atoms with van der Waals surface area (Å²) in [6.07, 6.45) is 1.01. The molecule has 1 saturated heterocycles. The van der Waals surface area contributed by atoms with Crippen molar-refractivity contribution in [3.05, 3.63) is 23.6 Å². The standard InChI is InChI=1S/C12H17BFN3O2/c1-11(2)12(3,4)19-13(18-11)9(15)8-5-7(14)6-17-10(8)16/h5-6,15H,1-4H3,(H2,16,17). The number of hydrogen-bond donors (Lipinski definition) is 2. The smallest absolute Gasteiger partial charge is 0.398 e. The van der Waals surface area contributed by atoms with Crippen LogP contribution in [0.1, 0.15) is 33.3 Å². The Bertz CT molecular complexity index is 518. The Morgan fingerprint density at radius 1 is 1.32 bits per heavy atom. The zero-order chi connectivity index (χ0) is 14.4. The lowest BCUT2D eigenvalue weighted by Gasteiger charge is -2.32. The quantitative estimate of drug-likeness (QED) is 0.631. The van der Waals surface area contributed by atoms with Crippen LogP contribution in [0.15, 0.2) is 12.3 Å². The molecule has 0 atom stereocenters. The molecule has 1 fully saturated rings. The second-order valence-corrected chi connectivity index (χ2v) is 5.59. The minimum absolute atomic E-state index is 0.0249. The van der Waals surface area contributed by atoms with Crippen LogP contribution in [-0.2, 0) is 9.31 Å². The summed E-state index contributed by atoms with van der Waals surface area (Å²) in [5, 5.41) is 8.08. The molecule has 0 saturated carbocycles. The summed E-state index contributed by atoms with van der Waals surface area (Å²) in [6, 6.07) is 1.16. The number of aromatic nitrogens is 1. The summed E-state index contributed by atoms with van der Waals surface area (Å²) in [6.45, 7) is 7.53. The number of rotatable bonds is 2. The summed E-state index contributed by atoms with van der Waals surface area (Å²) >= 11 is 0. The molecule has 2 heterocycles. The second-order valence-electron chi connectivity index (χ2n) is 5.59. The van der Waals surface area contributed by atoms with Crippen molar-refractivity contribution in [3.63, 3.8) is 0 Å². The molecule has 2 rings (SSSR count). The number of pyridine rings is 1. The fourth-order valence-electron chi connectivity index (χ4n) is 1.75. The lowest BCUT2D eigenvalue weighted by atomic mass is 9.78. The minimum Gasteiger partial charge on any atom is -0.398 e. The molecule has 0 bridgehead atoms. The molecular formula is C12H17BFN3O2. The van der Waals surface area contributed by atoms with Gasteiger partial charge in [0.05, 0.1) is 23.0 Å². The van der Waals surface area contributed by atoms with E-state index in [1.165, 1.54) is 0 Å².